The first-order chi connectivity index (χ1) is 13.4. The maximum Gasteiger partial charge on any atom is 0.306 e. The molecule has 0 spiro atoms. The first-order valence-corrected chi connectivity index (χ1v) is 9.61. The lowest BCUT2D eigenvalue weighted by Gasteiger charge is -2.28. The molecule has 2 heterocycles. The number of ether oxygens (including phenoxy) is 1. The molecule has 2 aromatic rings. The summed E-state index contributed by atoms with van der Waals surface area (Å²) in [6, 6.07) is 9.68. The van der Waals surface area contributed by atoms with Gasteiger partial charge in [0.1, 0.15) is 5.76 Å². The van der Waals surface area contributed by atoms with E-state index in [0.717, 1.165) is 19.5 Å². The highest BCUT2D eigenvalue weighted by atomic mass is 16.5. The molecule has 0 bridgehead atoms. The number of methoxy groups -OCH3 is 1. The van der Waals surface area contributed by atoms with E-state index in [0.29, 0.717) is 12.3 Å². The molecule has 1 aromatic carbocycles. The van der Waals surface area contributed by atoms with Gasteiger partial charge < -0.3 is 14.3 Å². The van der Waals surface area contributed by atoms with Gasteiger partial charge in [-0.2, -0.15) is 0 Å². The van der Waals surface area contributed by atoms with Crippen LogP contribution in [0.1, 0.15) is 48.8 Å². The summed E-state index contributed by atoms with van der Waals surface area (Å²) in [5.74, 6) is -0.602. The summed E-state index contributed by atoms with van der Waals surface area (Å²) in [5, 5.41) is 10.3. The maximum absolute atomic E-state index is 12.3. The van der Waals surface area contributed by atoms with Crippen LogP contribution >= 0.6 is 0 Å². The van der Waals surface area contributed by atoms with Crippen LogP contribution in [-0.2, 0) is 29.0 Å². The van der Waals surface area contributed by atoms with E-state index >= 15 is 0 Å². The minimum Gasteiger partial charge on any atom is -0.502 e. The fourth-order valence-electron chi connectivity index (χ4n) is 3.69. The Bertz CT molecular complexity index is 902. The SMILES string of the molecule is COC(=O)CC(c1oc(CN2CCc3ccccc3C2)cc(=O)c1O)C(C)C. The molecular formula is C22H27NO5. The fraction of sp³-hybridized carbons (Fsp3) is 0.455. The number of carbonyl (C=O) groups is 1. The van der Waals surface area contributed by atoms with E-state index in [4.69, 9.17) is 9.15 Å². The number of hydrogen-bond acceptors (Lipinski definition) is 6. The minimum absolute atomic E-state index is 0.00902. The second-order valence-electron chi connectivity index (χ2n) is 7.65. The van der Waals surface area contributed by atoms with Gasteiger partial charge in [-0.1, -0.05) is 38.1 Å². The van der Waals surface area contributed by atoms with Gasteiger partial charge in [0.05, 0.1) is 20.1 Å². The lowest BCUT2D eigenvalue weighted by molar-refractivity contribution is -0.141. The predicted molar refractivity (Wildman–Crippen MR) is 105 cm³/mol. The average Bonchev–Trinajstić information content (AvgIpc) is 2.68. The van der Waals surface area contributed by atoms with Gasteiger partial charge in [-0.05, 0) is 23.5 Å². The first kappa shape index (κ1) is 20.1. The molecular weight excluding hydrogens is 358 g/mol. The summed E-state index contributed by atoms with van der Waals surface area (Å²) >= 11 is 0. The van der Waals surface area contributed by atoms with E-state index in [1.807, 2.05) is 26.0 Å². The van der Waals surface area contributed by atoms with Crippen molar-refractivity contribution in [2.75, 3.05) is 13.7 Å². The second-order valence-corrected chi connectivity index (χ2v) is 7.65. The molecule has 6 heteroatoms. The Hall–Kier alpha value is -2.60. The second kappa shape index (κ2) is 8.61. The van der Waals surface area contributed by atoms with Crippen LogP contribution in [0.5, 0.6) is 5.75 Å². The predicted octanol–water partition coefficient (Wildman–Crippen LogP) is 3.21. The number of aromatic hydroxyl groups is 1. The monoisotopic (exact) mass is 385 g/mol. The summed E-state index contributed by atoms with van der Waals surface area (Å²) in [6.07, 6.45) is 0.994. The van der Waals surface area contributed by atoms with Gasteiger partial charge in [-0.15, -0.1) is 0 Å². The third-order valence-electron chi connectivity index (χ3n) is 5.34. The van der Waals surface area contributed by atoms with Gasteiger partial charge in [-0.25, -0.2) is 0 Å². The van der Waals surface area contributed by atoms with Crippen molar-refractivity contribution in [1.82, 2.24) is 4.90 Å². The zero-order valence-electron chi connectivity index (χ0n) is 16.6. The topological polar surface area (TPSA) is 80.0 Å². The molecule has 0 saturated carbocycles. The molecule has 1 N–H and O–H groups in total. The molecule has 28 heavy (non-hydrogen) atoms. The van der Waals surface area contributed by atoms with Crippen molar-refractivity contribution in [2.24, 2.45) is 5.92 Å². The van der Waals surface area contributed by atoms with Crippen LogP contribution < -0.4 is 5.43 Å². The van der Waals surface area contributed by atoms with Crippen molar-refractivity contribution in [3.05, 3.63) is 63.2 Å². The van der Waals surface area contributed by atoms with Crippen LogP contribution in [0, 0.1) is 5.92 Å². The summed E-state index contributed by atoms with van der Waals surface area (Å²) in [7, 11) is 1.32. The molecule has 1 atom stereocenters. The summed E-state index contributed by atoms with van der Waals surface area (Å²) in [4.78, 5) is 26.3. The summed E-state index contributed by atoms with van der Waals surface area (Å²) in [6.45, 7) is 5.96. The lowest BCUT2D eigenvalue weighted by Crippen LogP contribution is -2.30. The zero-order chi connectivity index (χ0) is 20.3. The van der Waals surface area contributed by atoms with Gasteiger partial charge in [0, 0.05) is 25.1 Å². The van der Waals surface area contributed by atoms with E-state index in [1.165, 1.54) is 24.3 Å². The zero-order valence-corrected chi connectivity index (χ0v) is 16.6. The van der Waals surface area contributed by atoms with Gasteiger partial charge in [0.2, 0.25) is 11.2 Å². The van der Waals surface area contributed by atoms with Crippen LogP contribution in [0.15, 0.2) is 39.5 Å². The molecule has 150 valence electrons. The van der Waals surface area contributed by atoms with Crippen LogP contribution in [0.4, 0.5) is 0 Å². The Morgan fingerprint density at radius 3 is 2.68 bits per heavy atom. The fourth-order valence-corrected chi connectivity index (χ4v) is 3.69. The number of hydrogen-bond donors (Lipinski definition) is 1. The lowest BCUT2D eigenvalue weighted by atomic mass is 9.89. The largest absolute Gasteiger partial charge is 0.502 e. The van der Waals surface area contributed by atoms with E-state index in [9.17, 15) is 14.7 Å². The Morgan fingerprint density at radius 2 is 2.00 bits per heavy atom. The normalized spacial score (nSPS) is 15.3. The van der Waals surface area contributed by atoms with Crippen LogP contribution in [0.2, 0.25) is 0 Å². The maximum atomic E-state index is 12.3. The molecule has 1 aliphatic heterocycles. The molecule has 1 aromatic heterocycles. The number of nitrogens with zero attached hydrogens (tertiary/aromatic N) is 1. The molecule has 0 amide bonds. The van der Waals surface area contributed by atoms with E-state index in [1.54, 1.807) is 0 Å². The summed E-state index contributed by atoms with van der Waals surface area (Å²) in [5.41, 5.74) is 2.15. The molecule has 1 unspecified atom stereocenters. The standard InChI is InChI=1S/C22H27NO5/c1-14(2)18(11-20(25)27-3)22-21(26)19(24)10-17(28-22)13-23-9-8-15-6-4-5-7-16(15)12-23/h4-7,10,14,18,26H,8-9,11-13H2,1-3H3. The van der Waals surface area contributed by atoms with Crippen molar-refractivity contribution < 1.29 is 19.1 Å². The quantitative estimate of drug-likeness (QED) is 0.769. The molecule has 0 radical (unpaired) electrons. The number of carbonyl (C=O) groups excluding carboxylic acids is 1. The third kappa shape index (κ3) is 4.44. The number of benzene rings is 1. The van der Waals surface area contributed by atoms with Gasteiger partial charge in [0.15, 0.2) is 5.76 Å². The van der Waals surface area contributed by atoms with Gasteiger partial charge in [0.25, 0.3) is 0 Å². The van der Waals surface area contributed by atoms with E-state index in [2.05, 4.69) is 17.0 Å². The third-order valence-corrected chi connectivity index (χ3v) is 5.34. The number of fused-ring (bicyclic) bond motifs is 1. The molecule has 6 nitrogen and oxygen atoms in total. The minimum atomic E-state index is -0.482. The van der Waals surface area contributed by atoms with Crippen molar-refractivity contribution in [2.45, 2.75) is 45.7 Å². The highest BCUT2D eigenvalue weighted by Gasteiger charge is 2.28. The Morgan fingerprint density at radius 1 is 1.29 bits per heavy atom. The van der Waals surface area contributed by atoms with Crippen LogP contribution in [-0.4, -0.2) is 29.6 Å². The van der Waals surface area contributed by atoms with Gasteiger partial charge in [-0.3, -0.25) is 14.5 Å². The molecule has 3 rings (SSSR count). The average molecular weight is 385 g/mol. The number of esters is 1. The first-order valence-electron chi connectivity index (χ1n) is 9.61. The van der Waals surface area contributed by atoms with Gasteiger partial charge >= 0.3 is 5.97 Å². The molecule has 0 fully saturated rings. The van der Waals surface area contributed by atoms with Crippen molar-refractivity contribution in [3.8, 4) is 5.75 Å². The van der Waals surface area contributed by atoms with Crippen molar-refractivity contribution in [3.63, 3.8) is 0 Å². The molecule has 0 saturated heterocycles. The highest BCUT2D eigenvalue weighted by Crippen LogP contribution is 2.33. The van der Waals surface area contributed by atoms with Crippen molar-refractivity contribution >= 4 is 5.97 Å². The molecule has 0 aliphatic carbocycles. The van der Waals surface area contributed by atoms with E-state index in [-0.39, 0.29) is 18.1 Å². The Labute approximate surface area is 164 Å². The smallest absolute Gasteiger partial charge is 0.306 e. The van der Waals surface area contributed by atoms with E-state index < -0.39 is 23.1 Å². The Kier molecular flexibility index (Phi) is 6.19. The highest BCUT2D eigenvalue weighted by molar-refractivity contribution is 5.70. The number of rotatable bonds is 6. The Balaban J connectivity index is 1.85. The van der Waals surface area contributed by atoms with Crippen LogP contribution in [0.25, 0.3) is 0 Å². The summed E-state index contributed by atoms with van der Waals surface area (Å²) < 4.78 is 10.7. The van der Waals surface area contributed by atoms with Crippen molar-refractivity contribution in [1.29, 1.82) is 0 Å². The van der Waals surface area contributed by atoms with Crippen LogP contribution in [0.3, 0.4) is 0 Å². The molecule has 1 aliphatic rings.